The summed E-state index contributed by atoms with van der Waals surface area (Å²) in [6, 6.07) is -3.68. The molecule has 0 heterocycles. The van der Waals surface area contributed by atoms with Gasteiger partial charge in [0.25, 0.3) is 0 Å². The van der Waals surface area contributed by atoms with Crippen LogP contribution < -0.4 is 21.7 Å². The van der Waals surface area contributed by atoms with E-state index in [9.17, 15) is 24.0 Å². The molecule has 160 valence electrons. The Hall–Kier alpha value is -2.38. The number of aliphatic hydroxyl groups is 1. The first-order valence-corrected chi connectivity index (χ1v) is 9.69. The fourth-order valence-corrected chi connectivity index (χ4v) is 2.40. The van der Waals surface area contributed by atoms with Crippen molar-refractivity contribution in [3.05, 3.63) is 0 Å². The van der Waals surface area contributed by atoms with E-state index in [4.69, 9.17) is 21.1 Å². The van der Waals surface area contributed by atoms with Crippen LogP contribution in [0, 0.1) is 0 Å². The summed E-state index contributed by atoms with van der Waals surface area (Å²) in [5.41, 5.74) is 5.29. The van der Waals surface area contributed by atoms with Crippen molar-refractivity contribution < 1.29 is 39.3 Å². The van der Waals surface area contributed by atoms with Gasteiger partial charge in [-0.3, -0.25) is 19.2 Å². The van der Waals surface area contributed by atoms with E-state index in [1.54, 1.807) is 6.26 Å². The molecule has 3 amide bonds. The van der Waals surface area contributed by atoms with Gasteiger partial charge in [-0.1, -0.05) is 0 Å². The van der Waals surface area contributed by atoms with Crippen molar-refractivity contribution in [1.82, 2.24) is 16.0 Å². The molecule has 0 aliphatic carbocycles. The molecule has 0 saturated carbocycles. The molecule has 0 bridgehead atoms. The maximum absolute atomic E-state index is 12.4. The maximum atomic E-state index is 12.4. The van der Waals surface area contributed by atoms with Gasteiger partial charge in [-0.15, -0.1) is 0 Å². The number of carboxylic acid groups (broad SMARTS) is 2. The normalized spacial score (nSPS) is 13.7. The zero-order valence-corrected chi connectivity index (χ0v) is 16.2. The van der Waals surface area contributed by atoms with Crippen LogP contribution in [-0.4, -0.2) is 88.3 Å². The summed E-state index contributed by atoms with van der Waals surface area (Å²) in [5.74, 6) is -4.36. The molecule has 12 nitrogen and oxygen atoms in total. The van der Waals surface area contributed by atoms with Crippen LogP contribution in [0.1, 0.15) is 19.3 Å². The molecule has 0 spiro atoms. The fraction of sp³-hybridized carbons (Fsp3) is 0.667. The predicted molar refractivity (Wildman–Crippen MR) is 99.4 cm³/mol. The Labute approximate surface area is 165 Å². The Morgan fingerprint density at radius 3 is 2.14 bits per heavy atom. The van der Waals surface area contributed by atoms with E-state index in [1.165, 1.54) is 11.8 Å². The summed E-state index contributed by atoms with van der Waals surface area (Å²) in [7, 11) is 0. The summed E-state index contributed by atoms with van der Waals surface area (Å²) in [6.45, 7) is -1.09. The number of rotatable bonds is 14. The highest BCUT2D eigenvalue weighted by molar-refractivity contribution is 7.98. The second-order valence-corrected chi connectivity index (χ2v) is 6.73. The zero-order valence-electron chi connectivity index (χ0n) is 15.3. The van der Waals surface area contributed by atoms with Crippen LogP contribution in [0.3, 0.4) is 0 Å². The zero-order chi connectivity index (χ0) is 21.7. The Bertz CT molecular complexity index is 574. The molecule has 8 N–H and O–H groups in total. The molecule has 0 aliphatic rings. The van der Waals surface area contributed by atoms with Crippen molar-refractivity contribution in [2.45, 2.75) is 37.4 Å². The molecule has 0 radical (unpaired) electrons. The van der Waals surface area contributed by atoms with Crippen LogP contribution in [0.2, 0.25) is 0 Å². The average molecular weight is 422 g/mol. The third kappa shape index (κ3) is 10.7. The molecular formula is C15H26N4O8S. The SMILES string of the molecule is CSCC[C@H](NC(=O)CNC(=O)[C@@H](N)CO)C(=O)N[C@@H](CCC(=O)O)C(=O)O. The highest BCUT2D eigenvalue weighted by Gasteiger charge is 2.27. The molecule has 0 aliphatic heterocycles. The highest BCUT2D eigenvalue weighted by Crippen LogP contribution is 2.04. The van der Waals surface area contributed by atoms with Gasteiger partial charge in [0.2, 0.25) is 17.7 Å². The summed E-state index contributed by atoms with van der Waals surface area (Å²) in [6.07, 6.45) is 1.21. The number of nitrogens with two attached hydrogens (primary N) is 1. The Morgan fingerprint density at radius 2 is 1.64 bits per heavy atom. The van der Waals surface area contributed by atoms with Gasteiger partial charge in [0.05, 0.1) is 13.2 Å². The number of carboxylic acids is 2. The standard InChI is InChI=1S/C15H26N4O8S/c1-28-5-4-9(18-11(21)6-17-13(24)8(16)7-20)14(25)19-10(15(26)27)2-3-12(22)23/h8-10,20H,2-7,16H2,1H3,(H,17,24)(H,18,21)(H,19,25)(H,22,23)(H,26,27)/t8-,9-,10-/m0/s1. The molecular weight excluding hydrogens is 396 g/mol. The lowest BCUT2D eigenvalue weighted by atomic mass is 10.1. The van der Waals surface area contributed by atoms with Crippen LogP contribution >= 0.6 is 11.8 Å². The molecule has 0 aromatic rings. The monoisotopic (exact) mass is 422 g/mol. The molecule has 3 atom stereocenters. The number of hydrogen-bond donors (Lipinski definition) is 7. The summed E-state index contributed by atoms with van der Waals surface area (Å²) >= 11 is 1.40. The fourth-order valence-electron chi connectivity index (χ4n) is 1.93. The molecule has 0 saturated heterocycles. The minimum Gasteiger partial charge on any atom is -0.481 e. The number of carbonyl (C=O) groups excluding carboxylic acids is 3. The number of hydrogen-bond acceptors (Lipinski definition) is 8. The van der Waals surface area contributed by atoms with Crippen molar-refractivity contribution in [2.75, 3.05) is 25.2 Å². The summed E-state index contributed by atoms with van der Waals surface area (Å²) in [5, 5.41) is 33.3. The van der Waals surface area contributed by atoms with Crippen LogP contribution in [0.5, 0.6) is 0 Å². The van der Waals surface area contributed by atoms with E-state index in [1.807, 2.05) is 0 Å². The van der Waals surface area contributed by atoms with Gasteiger partial charge in [0.15, 0.2) is 0 Å². The first kappa shape index (κ1) is 25.6. The largest absolute Gasteiger partial charge is 0.481 e. The van der Waals surface area contributed by atoms with Crippen molar-refractivity contribution in [1.29, 1.82) is 0 Å². The first-order valence-electron chi connectivity index (χ1n) is 8.29. The minimum absolute atomic E-state index is 0.189. The van der Waals surface area contributed by atoms with Crippen LogP contribution in [0.4, 0.5) is 0 Å². The molecule has 0 aromatic heterocycles. The number of nitrogens with one attached hydrogen (secondary N) is 3. The van der Waals surface area contributed by atoms with Crippen LogP contribution in [0.25, 0.3) is 0 Å². The topological polar surface area (TPSA) is 208 Å². The first-order chi connectivity index (χ1) is 13.1. The number of amides is 3. The van der Waals surface area contributed by atoms with E-state index in [0.29, 0.717) is 5.75 Å². The molecule has 0 rings (SSSR count). The van der Waals surface area contributed by atoms with Crippen molar-refractivity contribution in [3.63, 3.8) is 0 Å². The third-order valence-electron chi connectivity index (χ3n) is 3.48. The van der Waals surface area contributed by atoms with Gasteiger partial charge in [-0.05, 0) is 24.9 Å². The average Bonchev–Trinajstić information content (AvgIpc) is 2.64. The van der Waals surface area contributed by atoms with Crippen molar-refractivity contribution in [2.24, 2.45) is 5.73 Å². The molecule has 13 heteroatoms. The smallest absolute Gasteiger partial charge is 0.326 e. The Morgan fingerprint density at radius 1 is 1.00 bits per heavy atom. The van der Waals surface area contributed by atoms with Gasteiger partial charge in [0.1, 0.15) is 18.1 Å². The lowest BCUT2D eigenvalue weighted by Gasteiger charge is -2.21. The van der Waals surface area contributed by atoms with E-state index in [2.05, 4.69) is 16.0 Å². The molecule has 0 unspecified atom stereocenters. The molecule has 0 aromatic carbocycles. The number of thioether (sulfide) groups is 1. The van der Waals surface area contributed by atoms with Gasteiger partial charge in [0, 0.05) is 6.42 Å². The van der Waals surface area contributed by atoms with Gasteiger partial charge >= 0.3 is 11.9 Å². The van der Waals surface area contributed by atoms with Crippen LogP contribution in [0.15, 0.2) is 0 Å². The lowest BCUT2D eigenvalue weighted by molar-refractivity contribution is -0.143. The number of aliphatic carboxylic acids is 2. The Kier molecular flexibility index (Phi) is 12.6. The number of carbonyl (C=O) groups is 5. The van der Waals surface area contributed by atoms with E-state index < -0.39 is 67.4 Å². The molecule has 0 fully saturated rings. The van der Waals surface area contributed by atoms with Crippen molar-refractivity contribution >= 4 is 41.4 Å². The molecule has 28 heavy (non-hydrogen) atoms. The maximum Gasteiger partial charge on any atom is 0.326 e. The lowest BCUT2D eigenvalue weighted by Crippen LogP contribution is -2.54. The second kappa shape index (κ2) is 13.7. The van der Waals surface area contributed by atoms with Crippen LogP contribution in [-0.2, 0) is 24.0 Å². The van der Waals surface area contributed by atoms with Gasteiger partial charge in [-0.25, -0.2) is 4.79 Å². The van der Waals surface area contributed by atoms with Gasteiger partial charge < -0.3 is 37.0 Å². The Balaban J connectivity index is 4.86. The van der Waals surface area contributed by atoms with Crippen molar-refractivity contribution in [3.8, 4) is 0 Å². The summed E-state index contributed by atoms with van der Waals surface area (Å²) in [4.78, 5) is 57.6. The van der Waals surface area contributed by atoms with E-state index in [0.717, 1.165) is 0 Å². The minimum atomic E-state index is -1.42. The third-order valence-corrected chi connectivity index (χ3v) is 4.12. The highest BCUT2D eigenvalue weighted by atomic mass is 32.2. The van der Waals surface area contributed by atoms with Gasteiger partial charge in [-0.2, -0.15) is 11.8 Å². The number of aliphatic hydroxyl groups excluding tert-OH is 1. The summed E-state index contributed by atoms with van der Waals surface area (Å²) < 4.78 is 0. The van der Waals surface area contributed by atoms with E-state index in [-0.39, 0.29) is 12.8 Å². The predicted octanol–water partition coefficient (Wildman–Crippen LogP) is -2.91. The second-order valence-electron chi connectivity index (χ2n) is 5.74. The quantitative estimate of drug-likeness (QED) is 0.152. The van der Waals surface area contributed by atoms with E-state index >= 15 is 0 Å².